The number of benzene rings is 3. The van der Waals surface area contributed by atoms with Crippen molar-refractivity contribution in [3.8, 4) is 17.5 Å². The lowest BCUT2D eigenvalue weighted by molar-refractivity contribution is -0.111. The lowest BCUT2D eigenvalue weighted by Crippen LogP contribution is -2.32. The van der Waals surface area contributed by atoms with E-state index in [1.807, 2.05) is 30.3 Å². The van der Waals surface area contributed by atoms with E-state index in [2.05, 4.69) is 5.32 Å². The molecule has 0 radical (unpaired) electrons. The molecule has 7 heteroatoms. The van der Waals surface area contributed by atoms with E-state index in [1.54, 1.807) is 73.8 Å². The van der Waals surface area contributed by atoms with Crippen molar-refractivity contribution in [2.75, 3.05) is 12.4 Å². The maximum Gasteiger partial charge on any atom is 0.273 e. The largest absolute Gasteiger partial charge is 0.497 e. The molecule has 0 saturated heterocycles. The molecule has 0 bridgehead atoms. The molecule has 6 nitrogen and oxygen atoms in total. The Morgan fingerprint density at radius 2 is 1.64 bits per heavy atom. The summed E-state index contributed by atoms with van der Waals surface area (Å²) in [6, 6.07) is 27.1. The number of anilines is 1. The van der Waals surface area contributed by atoms with Crippen molar-refractivity contribution in [3.05, 3.63) is 110 Å². The predicted molar refractivity (Wildman–Crippen MR) is 130 cm³/mol. The van der Waals surface area contributed by atoms with Gasteiger partial charge in [0.15, 0.2) is 5.57 Å². The van der Waals surface area contributed by atoms with Crippen LogP contribution in [0.3, 0.4) is 0 Å². The van der Waals surface area contributed by atoms with Crippen LogP contribution in [0.15, 0.2) is 89.7 Å². The lowest BCUT2D eigenvalue weighted by Gasteiger charge is -2.05. The Balaban J connectivity index is 1.93. The zero-order chi connectivity index (χ0) is 23.2. The second kappa shape index (κ2) is 9.81. The number of carbonyl (C=O) groups is 1. The molecular formula is C26H19N3O3S. The van der Waals surface area contributed by atoms with Crippen molar-refractivity contribution in [2.24, 2.45) is 0 Å². The van der Waals surface area contributed by atoms with Gasteiger partial charge in [-0.25, -0.2) is 0 Å². The van der Waals surface area contributed by atoms with E-state index in [0.29, 0.717) is 21.7 Å². The van der Waals surface area contributed by atoms with Crippen LogP contribution in [0.5, 0.6) is 5.75 Å². The van der Waals surface area contributed by atoms with Gasteiger partial charge in [-0.1, -0.05) is 48.5 Å². The number of thiazole rings is 1. The summed E-state index contributed by atoms with van der Waals surface area (Å²) in [5, 5.41) is 12.6. The van der Waals surface area contributed by atoms with E-state index < -0.39 is 5.91 Å². The Morgan fingerprint density at radius 3 is 2.24 bits per heavy atom. The van der Waals surface area contributed by atoms with Crippen molar-refractivity contribution in [2.45, 2.75) is 0 Å². The van der Waals surface area contributed by atoms with Gasteiger partial charge in [-0.05, 0) is 48.0 Å². The monoisotopic (exact) mass is 453 g/mol. The number of nitriles is 1. The van der Waals surface area contributed by atoms with Gasteiger partial charge in [0.25, 0.3) is 11.5 Å². The Kier molecular flexibility index (Phi) is 6.48. The van der Waals surface area contributed by atoms with Crippen molar-refractivity contribution in [1.29, 1.82) is 5.26 Å². The van der Waals surface area contributed by atoms with Gasteiger partial charge in [-0.2, -0.15) is 5.26 Å². The minimum atomic E-state index is -0.578. The van der Waals surface area contributed by atoms with E-state index in [-0.39, 0.29) is 15.8 Å². The average molecular weight is 454 g/mol. The highest BCUT2D eigenvalue weighted by Gasteiger charge is 2.17. The molecule has 1 amide bonds. The van der Waals surface area contributed by atoms with Crippen LogP contribution >= 0.6 is 11.3 Å². The molecule has 1 N–H and O–H groups in total. The minimum absolute atomic E-state index is 0.140. The highest BCUT2D eigenvalue weighted by Crippen LogP contribution is 2.12. The number of para-hydroxylation sites is 2. The summed E-state index contributed by atoms with van der Waals surface area (Å²) in [5.41, 5.74) is 1.48. The third-order valence-corrected chi connectivity index (χ3v) is 5.93. The van der Waals surface area contributed by atoms with E-state index in [0.717, 1.165) is 16.9 Å². The molecule has 33 heavy (non-hydrogen) atoms. The quantitative estimate of drug-likeness (QED) is 0.503. The molecule has 0 saturated carbocycles. The summed E-state index contributed by atoms with van der Waals surface area (Å²) in [5.74, 6) is 0.129. The average Bonchev–Trinajstić information content (AvgIpc) is 3.16. The molecule has 0 aliphatic carbocycles. The van der Waals surface area contributed by atoms with Gasteiger partial charge < -0.3 is 10.1 Å². The van der Waals surface area contributed by atoms with E-state index in [1.165, 1.54) is 4.57 Å². The first-order valence-electron chi connectivity index (χ1n) is 10.0. The van der Waals surface area contributed by atoms with Gasteiger partial charge in [0.05, 0.1) is 17.3 Å². The fourth-order valence-electron chi connectivity index (χ4n) is 3.22. The third kappa shape index (κ3) is 4.76. The smallest absolute Gasteiger partial charge is 0.273 e. The lowest BCUT2D eigenvalue weighted by atomic mass is 10.2. The fraction of sp³-hybridized carbons (Fsp3) is 0.0385. The standard InChI is InChI=1S/C26H19N3O3S/c1-32-21-14-12-18(13-15-21)16-23-25(31)29(20-10-6-3-7-11-20)26(33-23)22(17-27)24(30)28-19-8-4-2-5-9-19/h2-16H,1H3,(H,28,30)/b23-16-,26-22-. The summed E-state index contributed by atoms with van der Waals surface area (Å²) in [6.45, 7) is 0. The SMILES string of the molecule is COc1ccc(/C=c2\s/c(=C(/C#N)C(=O)Nc3ccccc3)n(-c3ccccc3)c2=O)cc1. The Labute approximate surface area is 193 Å². The first kappa shape index (κ1) is 21.8. The number of methoxy groups -OCH3 is 1. The van der Waals surface area contributed by atoms with Gasteiger partial charge in [0, 0.05) is 5.69 Å². The molecule has 4 rings (SSSR count). The first-order chi connectivity index (χ1) is 16.1. The van der Waals surface area contributed by atoms with Gasteiger partial charge in [0.2, 0.25) is 0 Å². The van der Waals surface area contributed by atoms with Crippen LogP contribution in [0.2, 0.25) is 0 Å². The van der Waals surface area contributed by atoms with E-state index >= 15 is 0 Å². The Bertz CT molecular complexity index is 1500. The van der Waals surface area contributed by atoms with Crippen LogP contribution in [0.25, 0.3) is 17.3 Å². The van der Waals surface area contributed by atoms with Crippen LogP contribution < -0.4 is 24.8 Å². The molecule has 0 fully saturated rings. The van der Waals surface area contributed by atoms with Gasteiger partial charge >= 0.3 is 0 Å². The number of ether oxygens (including phenoxy) is 1. The highest BCUT2D eigenvalue weighted by molar-refractivity contribution is 7.07. The van der Waals surface area contributed by atoms with Crippen LogP contribution in [0.4, 0.5) is 5.69 Å². The summed E-state index contributed by atoms with van der Waals surface area (Å²) in [6.07, 6.45) is 1.74. The van der Waals surface area contributed by atoms with Crippen LogP contribution in [0, 0.1) is 11.3 Å². The van der Waals surface area contributed by atoms with Gasteiger partial charge in [-0.15, -0.1) is 11.3 Å². The van der Waals surface area contributed by atoms with Crippen molar-refractivity contribution >= 4 is 34.6 Å². The van der Waals surface area contributed by atoms with Gasteiger partial charge in [-0.3, -0.25) is 14.2 Å². The molecule has 4 aromatic rings. The normalized spacial score (nSPS) is 12.1. The topological polar surface area (TPSA) is 84.1 Å². The van der Waals surface area contributed by atoms with E-state index in [9.17, 15) is 14.9 Å². The first-order valence-corrected chi connectivity index (χ1v) is 10.9. The summed E-state index contributed by atoms with van der Waals surface area (Å²) in [4.78, 5) is 26.4. The number of nitrogens with one attached hydrogen (secondary N) is 1. The summed E-state index contributed by atoms with van der Waals surface area (Å²) < 4.78 is 7.26. The molecule has 0 atom stereocenters. The molecule has 3 aromatic carbocycles. The van der Waals surface area contributed by atoms with Crippen molar-refractivity contribution in [1.82, 2.24) is 4.57 Å². The van der Waals surface area contributed by atoms with Crippen molar-refractivity contribution < 1.29 is 9.53 Å². The fourth-order valence-corrected chi connectivity index (χ4v) is 4.33. The predicted octanol–water partition coefficient (Wildman–Crippen LogP) is 3.05. The van der Waals surface area contributed by atoms with Crippen molar-refractivity contribution in [3.63, 3.8) is 0 Å². The number of hydrogen-bond donors (Lipinski definition) is 1. The van der Waals surface area contributed by atoms with Gasteiger partial charge in [0.1, 0.15) is 16.5 Å². The summed E-state index contributed by atoms with van der Waals surface area (Å²) in [7, 11) is 1.59. The van der Waals surface area contributed by atoms with Crippen LogP contribution in [0.1, 0.15) is 5.56 Å². The Morgan fingerprint density at radius 1 is 1.00 bits per heavy atom. The number of rotatable bonds is 5. The maximum absolute atomic E-state index is 13.4. The zero-order valence-corrected chi connectivity index (χ0v) is 18.5. The molecule has 0 aliphatic rings. The van der Waals surface area contributed by atoms with Crippen LogP contribution in [-0.4, -0.2) is 17.6 Å². The molecule has 1 heterocycles. The second-order valence-corrected chi connectivity index (χ2v) is 8.00. The molecular weight excluding hydrogens is 434 g/mol. The molecule has 0 unspecified atom stereocenters. The number of hydrogen-bond acceptors (Lipinski definition) is 5. The molecule has 0 spiro atoms. The minimum Gasteiger partial charge on any atom is -0.497 e. The summed E-state index contributed by atoms with van der Waals surface area (Å²) >= 11 is 1.10. The maximum atomic E-state index is 13.4. The third-order valence-electron chi connectivity index (χ3n) is 4.84. The van der Waals surface area contributed by atoms with E-state index in [4.69, 9.17) is 4.74 Å². The number of carbonyl (C=O) groups excluding carboxylic acids is 1. The zero-order valence-electron chi connectivity index (χ0n) is 17.7. The molecule has 162 valence electrons. The second-order valence-electron chi connectivity index (χ2n) is 6.97. The van der Waals surface area contributed by atoms with Crippen LogP contribution in [-0.2, 0) is 4.79 Å². The number of amides is 1. The Hall–Kier alpha value is -4.41. The number of aromatic nitrogens is 1. The number of nitrogens with zero attached hydrogens (tertiary/aromatic N) is 2. The molecule has 1 aromatic heterocycles. The molecule has 0 aliphatic heterocycles. The highest BCUT2D eigenvalue weighted by atomic mass is 32.1.